The molecule has 0 atom stereocenters. The summed E-state index contributed by atoms with van der Waals surface area (Å²) in [4.78, 5) is 16.3. The molecule has 4 rings (SSSR count). The van der Waals surface area contributed by atoms with Crippen LogP contribution in [0.4, 0.5) is 5.69 Å². The summed E-state index contributed by atoms with van der Waals surface area (Å²) in [5, 5.41) is 0. The maximum absolute atomic E-state index is 12.9. The van der Waals surface area contributed by atoms with Crippen LogP contribution in [0.3, 0.4) is 0 Å². The predicted molar refractivity (Wildman–Crippen MR) is 89.4 cm³/mol. The monoisotopic (exact) mass is 345 g/mol. The van der Waals surface area contributed by atoms with E-state index in [1.54, 1.807) is 28.2 Å². The molecule has 0 unspecified atom stereocenters. The fourth-order valence-electron chi connectivity index (χ4n) is 2.86. The smallest absolute Gasteiger partial charge is 0.259 e. The molecule has 3 heterocycles. The Balaban J connectivity index is 1.64. The van der Waals surface area contributed by atoms with Crippen molar-refractivity contribution in [3.8, 4) is 5.75 Å². The summed E-state index contributed by atoms with van der Waals surface area (Å²) in [5.41, 5.74) is 1.23. The Hall–Kier alpha value is -2.61. The number of para-hydroxylation sites is 2. The Morgan fingerprint density at radius 1 is 1.17 bits per heavy atom. The molecule has 0 saturated carbocycles. The van der Waals surface area contributed by atoms with E-state index in [1.165, 1.54) is 0 Å². The number of anilines is 1. The first kappa shape index (κ1) is 14.9. The van der Waals surface area contributed by atoms with Crippen LogP contribution in [-0.4, -0.2) is 50.5 Å². The molecule has 24 heavy (non-hydrogen) atoms. The number of ether oxygens (including phenoxy) is 1. The summed E-state index contributed by atoms with van der Waals surface area (Å²) in [6.07, 6.45) is 4.83. The van der Waals surface area contributed by atoms with Crippen LogP contribution in [-0.2, 0) is 14.8 Å². The minimum atomic E-state index is -3.40. The molecule has 0 aliphatic carbocycles. The lowest BCUT2D eigenvalue weighted by Gasteiger charge is -2.32. The summed E-state index contributed by atoms with van der Waals surface area (Å²) in [7, 11) is -3.40. The van der Waals surface area contributed by atoms with E-state index in [-0.39, 0.29) is 11.7 Å². The van der Waals surface area contributed by atoms with Gasteiger partial charge in [-0.2, -0.15) is 0 Å². The molecule has 3 aliphatic heterocycles. The quantitative estimate of drug-likeness (QED) is 0.756. The fourth-order valence-corrected chi connectivity index (χ4v) is 3.83. The van der Waals surface area contributed by atoms with E-state index in [9.17, 15) is 13.2 Å². The molecular formula is C16H15N3O4S. The minimum Gasteiger partial charge on any atom is -0.490 e. The molecule has 0 aromatic heterocycles. The van der Waals surface area contributed by atoms with Crippen LogP contribution in [0, 0.1) is 0 Å². The molecule has 0 fully saturated rings. The number of amidine groups is 1. The molecule has 1 aromatic rings. The van der Waals surface area contributed by atoms with Gasteiger partial charge in [0.2, 0.25) is 0 Å². The largest absolute Gasteiger partial charge is 0.490 e. The highest BCUT2D eigenvalue weighted by molar-refractivity contribution is 7.90. The maximum Gasteiger partial charge on any atom is 0.259 e. The van der Waals surface area contributed by atoms with Crippen molar-refractivity contribution in [3.63, 3.8) is 0 Å². The first-order valence-corrected chi connectivity index (χ1v) is 9.17. The van der Waals surface area contributed by atoms with E-state index in [0.717, 1.165) is 5.69 Å². The molecule has 0 saturated heterocycles. The van der Waals surface area contributed by atoms with Crippen LogP contribution in [0.25, 0.3) is 0 Å². The van der Waals surface area contributed by atoms with Gasteiger partial charge < -0.3 is 14.5 Å². The molecule has 0 radical (unpaired) electrons. The Bertz CT molecular complexity index is 902. The topological polar surface area (TPSA) is 79.3 Å². The fraction of sp³-hybridized carbons (Fsp3) is 0.250. The van der Waals surface area contributed by atoms with Crippen molar-refractivity contribution in [2.75, 3.05) is 30.3 Å². The Labute approximate surface area is 139 Å². The lowest BCUT2D eigenvalue weighted by Crippen LogP contribution is -2.41. The van der Waals surface area contributed by atoms with Crippen LogP contribution in [0.1, 0.15) is 0 Å². The second-order valence-corrected chi connectivity index (χ2v) is 7.37. The first-order chi connectivity index (χ1) is 11.5. The standard InChI is InChI=1S/C16H15N3O4S/c20-16(19-7-9-23-14-4-2-1-3-13(14)19)12-5-6-15-17-24(21,22)10-8-18(15)11-12/h1-6,11H,7-10H2. The second-order valence-electron chi connectivity index (χ2n) is 5.62. The summed E-state index contributed by atoms with van der Waals surface area (Å²) in [6.45, 7) is 1.20. The molecule has 0 N–H and O–H groups in total. The summed E-state index contributed by atoms with van der Waals surface area (Å²) >= 11 is 0. The zero-order valence-corrected chi connectivity index (χ0v) is 13.6. The molecule has 1 aromatic carbocycles. The number of fused-ring (bicyclic) bond motifs is 2. The van der Waals surface area contributed by atoms with Crippen molar-refractivity contribution in [3.05, 3.63) is 48.2 Å². The number of nitrogens with zero attached hydrogens (tertiary/aromatic N) is 3. The Morgan fingerprint density at radius 2 is 2.00 bits per heavy atom. The predicted octanol–water partition coefficient (Wildman–Crippen LogP) is 0.910. The average Bonchev–Trinajstić information content (AvgIpc) is 2.59. The first-order valence-electron chi connectivity index (χ1n) is 7.56. The highest BCUT2D eigenvalue weighted by Crippen LogP contribution is 2.32. The molecular weight excluding hydrogens is 330 g/mol. The number of sulfonamides is 1. The van der Waals surface area contributed by atoms with Gasteiger partial charge in [-0.1, -0.05) is 12.1 Å². The van der Waals surface area contributed by atoms with Gasteiger partial charge in [0.1, 0.15) is 18.2 Å². The van der Waals surface area contributed by atoms with Gasteiger partial charge in [-0.15, -0.1) is 4.40 Å². The van der Waals surface area contributed by atoms with Crippen molar-refractivity contribution in [2.45, 2.75) is 0 Å². The van der Waals surface area contributed by atoms with Crippen LogP contribution >= 0.6 is 0 Å². The number of carbonyl (C=O) groups is 1. The second kappa shape index (κ2) is 5.48. The van der Waals surface area contributed by atoms with Gasteiger partial charge in [-0.25, -0.2) is 8.42 Å². The van der Waals surface area contributed by atoms with Crippen molar-refractivity contribution in [2.24, 2.45) is 4.40 Å². The summed E-state index contributed by atoms with van der Waals surface area (Å²) in [6, 6.07) is 7.41. The highest BCUT2D eigenvalue weighted by Gasteiger charge is 2.29. The molecule has 124 valence electrons. The third kappa shape index (κ3) is 2.58. The number of amides is 1. The lowest BCUT2D eigenvalue weighted by atomic mass is 10.1. The SMILES string of the molecule is O=C(C1=CN2CCS(=O)(=O)N=C2C=C1)N1CCOc2ccccc21. The van der Waals surface area contributed by atoms with Gasteiger partial charge >= 0.3 is 0 Å². The van der Waals surface area contributed by atoms with Gasteiger partial charge in [0.05, 0.1) is 23.6 Å². The summed E-state index contributed by atoms with van der Waals surface area (Å²) in [5.74, 6) is 0.835. The molecule has 1 amide bonds. The number of hydrogen-bond acceptors (Lipinski definition) is 5. The average molecular weight is 345 g/mol. The number of benzene rings is 1. The van der Waals surface area contributed by atoms with E-state index in [4.69, 9.17) is 4.74 Å². The van der Waals surface area contributed by atoms with Gasteiger partial charge in [0, 0.05) is 12.7 Å². The van der Waals surface area contributed by atoms with Gasteiger partial charge in [0.15, 0.2) is 0 Å². The van der Waals surface area contributed by atoms with Crippen molar-refractivity contribution in [1.29, 1.82) is 0 Å². The summed E-state index contributed by atoms with van der Waals surface area (Å²) < 4.78 is 32.4. The zero-order chi connectivity index (χ0) is 16.7. The highest BCUT2D eigenvalue weighted by atomic mass is 32.2. The van der Waals surface area contributed by atoms with Gasteiger partial charge in [0.25, 0.3) is 15.9 Å². The van der Waals surface area contributed by atoms with E-state index in [0.29, 0.717) is 36.9 Å². The molecule has 0 bridgehead atoms. The van der Waals surface area contributed by atoms with E-state index < -0.39 is 10.0 Å². The van der Waals surface area contributed by atoms with Gasteiger partial charge in [-0.3, -0.25) is 4.79 Å². The van der Waals surface area contributed by atoms with E-state index >= 15 is 0 Å². The molecule has 3 aliphatic rings. The van der Waals surface area contributed by atoms with E-state index in [2.05, 4.69) is 4.40 Å². The van der Waals surface area contributed by atoms with Crippen molar-refractivity contribution >= 4 is 27.5 Å². The van der Waals surface area contributed by atoms with Gasteiger partial charge in [-0.05, 0) is 24.3 Å². The van der Waals surface area contributed by atoms with Crippen LogP contribution < -0.4 is 9.64 Å². The molecule has 0 spiro atoms. The normalized spacial score (nSPS) is 21.2. The molecule has 8 heteroatoms. The van der Waals surface area contributed by atoms with Crippen molar-refractivity contribution < 1.29 is 17.9 Å². The number of carbonyl (C=O) groups excluding carboxylic acids is 1. The minimum absolute atomic E-state index is 0.0529. The third-order valence-corrected chi connectivity index (χ3v) is 5.21. The van der Waals surface area contributed by atoms with Crippen molar-refractivity contribution in [1.82, 2.24) is 4.90 Å². The lowest BCUT2D eigenvalue weighted by molar-refractivity contribution is -0.115. The molecule has 7 nitrogen and oxygen atoms in total. The zero-order valence-electron chi connectivity index (χ0n) is 12.8. The number of rotatable bonds is 1. The van der Waals surface area contributed by atoms with Crippen LogP contribution in [0.2, 0.25) is 0 Å². The van der Waals surface area contributed by atoms with E-state index in [1.807, 2.05) is 24.3 Å². The Kier molecular flexibility index (Phi) is 3.42. The van der Waals surface area contributed by atoms with Crippen LogP contribution in [0.15, 0.2) is 52.6 Å². The Morgan fingerprint density at radius 3 is 2.88 bits per heavy atom. The maximum atomic E-state index is 12.9. The van der Waals surface area contributed by atoms with Crippen LogP contribution in [0.5, 0.6) is 5.75 Å². The third-order valence-electron chi connectivity index (χ3n) is 4.04. The number of hydrogen-bond donors (Lipinski definition) is 0.